The molecule has 0 bridgehead atoms. The Morgan fingerprint density at radius 3 is 2.38 bits per heavy atom. The summed E-state index contributed by atoms with van der Waals surface area (Å²) >= 11 is 0. The normalized spacial score (nSPS) is 10.4. The molecule has 0 fully saturated rings. The molecule has 0 atom stereocenters. The Balaban J connectivity index is 1.53. The van der Waals surface area contributed by atoms with E-state index in [1.165, 1.54) is 36.4 Å². The molecule has 26 heavy (non-hydrogen) atoms. The van der Waals surface area contributed by atoms with Crippen LogP contribution in [0.4, 0.5) is 20.3 Å². The average Bonchev–Trinajstić information content (AvgIpc) is 2.66. The summed E-state index contributed by atoms with van der Waals surface area (Å²) in [7, 11) is 0. The van der Waals surface area contributed by atoms with E-state index in [0.29, 0.717) is 30.0 Å². The van der Waals surface area contributed by atoms with Crippen molar-refractivity contribution >= 4 is 17.4 Å². The monoisotopic (exact) mass is 354 g/mol. The van der Waals surface area contributed by atoms with Crippen molar-refractivity contribution in [2.75, 3.05) is 17.2 Å². The summed E-state index contributed by atoms with van der Waals surface area (Å²) < 4.78 is 26.4. The minimum absolute atomic E-state index is 0.133. The molecule has 132 valence electrons. The van der Waals surface area contributed by atoms with Gasteiger partial charge in [0.25, 0.3) is 5.91 Å². The zero-order valence-corrected chi connectivity index (χ0v) is 13.7. The van der Waals surface area contributed by atoms with Crippen molar-refractivity contribution in [1.82, 2.24) is 10.2 Å². The molecule has 3 aromatic rings. The molecule has 2 aromatic carbocycles. The molecule has 1 heterocycles. The van der Waals surface area contributed by atoms with Crippen molar-refractivity contribution in [1.29, 1.82) is 0 Å². The van der Waals surface area contributed by atoms with E-state index in [9.17, 15) is 13.6 Å². The van der Waals surface area contributed by atoms with Gasteiger partial charge in [0.1, 0.15) is 17.5 Å². The summed E-state index contributed by atoms with van der Waals surface area (Å²) in [6.07, 6.45) is 0.501. The number of nitrogens with zero attached hydrogens (tertiary/aromatic N) is 2. The molecule has 0 aliphatic heterocycles. The van der Waals surface area contributed by atoms with Gasteiger partial charge in [0.05, 0.1) is 0 Å². The highest BCUT2D eigenvalue weighted by Crippen LogP contribution is 2.11. The fraction of sp³-hybridized carbons (Fsp3) is 0.105. The second kappa shape index (κ2) is 8.15. The molecule has 7 heteroatoms. The number of halogens is 2. The second-order valence-corrected chi connectivity index (χ2v) is 5.53. The number of carbonyl (C=O) groups excluding carboxylic acids is 1. The lowest BCUT2D eigenvalue weighted by Crippen LogP contribution is -2.15. The van der Waals surface area contributed by atoms with Crippen LogP contribution in [0.1, 0.15) is 16.1 Å². The first-order valence-electron chi connectivity index (χ1n) is 8.00. The lowest BCUT2D eigenvalue weighted by molar-refractivity contribution is 0.102. The summed E-state index contributed by atoms with van der Waals surface area (Å²) in [5.74, 6) is -0.580. The number of nitrogens with one attached hydrogen (secondary N) is 2. The van der Waals surface area contributed by atoms with Crippen LogP contribution in [0.5, 0.6) is 0 Å². The van der Waals surface area contributed by atoms with Gasteiger partial charge >= 0.3 is 0 Å². The number of anilines is 2. The molecule has 0 radical (unpaired) electrons. The summed E-state index contributed by atoms with van der Waals surface area (Å²) in [5, 5.41) is 13.4. The van der Waals surface area contributed by atoms with Crippen LogP contribution < -0.4 is 10.6 Å². The number of aromatic nitrogens is 2. The zero-order valence-electron chi connectivity index (χ0n) is 13.7. The summed E-state index contributed by atoms with van der Waals surface area (Å²) in [6.45, 7) is 0.483. The van der Waals surface area contributed by atoms with Gasteiger partial charge in [-0.15, -0.1) is 10.2 Å². The van der Waals surface area contributed by atoms with Gasteiger partial charge in [0.2, 0.25) is 0 Å². The number of carbonyl (C=O) groups is 1. The van der Waals surface area contributed by atoms with Crippen LogP contribution in [-0.2, 0) is 6.42 Å². The molecule has 0 saturated carbocycles. The van der Waals surface area contributed by atoms with Crippen LogP contribution in [0.15, 0.2) is 60.7 Å². The Morgan fingerprint density at radius 1 is 0.923 bits per heavy atom. The van der Waals surface area contributed by atoms with E-state index in [2.05, 4.69) is 20.8 Å². The molecule has 1 aromatic heterocycles. The highest BCUT2D eigenvalue weighted by molar-refractivity contribution is 6.02. The summed E-state index contributed by atoms with van der Waals surface area (Å²) in [4.78, 5) is 12.1. The van der Waals surface area contributed by atoms with Crippen molar-refractivity contribution in [3.63, 3.8) is 0 Å². The molecule has 0 spiro atoms. The minimum atomic E-state index is -0.443. The molecular formula is C19H16F2N4O. The van der Waals surface area contributed by atoms with E-state index < -0.39 is 5.91 Å². The van der Waals surface area contributed by atoms with Crippen LogP contribution in [0.2, 0.25) is 0 Å². The maximum absolute atomic E-state index is 13.5. The third-order valence-corrected chi connectivity index (χ3v) is 3.66. The smallest absolute Gasteiger partial charge is 0.276 e. The fourth-order valence-electron chi connectivity index (χ4n) is 2.30. The van der Waals surface area contributed by atoms with Crippen molar-refractivity contribution in [3.8, 4) is 0 Å². The van der Waals surface area contributed by atoms with Gasteiger partial charge in [0, 0.05) is 12.2 Å². The van der Waals surface area contributed by atoms with Crippen LogP contribution in [0.3, 0.4) is 0 Å². The molecule has 3 rings (SSSR count). The van der Waals surface area contributed by atoms with Crippen molar-refractivity contribution < 1.29 is 13.6 Å². The van der Waals surface area contributed by atoms with E-state index in [1.807, 2.05) is 0 Å². The van der Waals surface area contributed by atoms with Gasteiger partial charge in [-0.05, 0) is 54.4 Å². The van der Waals surface area contributed by atoms with Gasteiger partial charge in [0.15, 0.2) is 5.69 Å². The van der Waals surface area contributed by atoms with E-state index in [0.717, 1.165) is 0 Å². The maximum atomic E-state index is 13.5. The van der Waals surface area contributed by atoms with E-state index in [1.54, 1.807) is 24.3 Å². The minimum Gasteiger partial charge on any atom is -0.368 e. The number of amides is 1. The largest absolute Gasteiger partial charge is 0.368 e. The van der Waals surface area contributed by atoms with Crippen LogP contribution in [0, 0.1) is 11.6 Å². The molecule has 1 amide bonds. The lowest BCUT2D eigenvalue weighted by atomic mass is 10.1. The number of rotatable bonds is 6. The molecular weight excluding hydrogens is 338 g/mol. The van der Waals surface area contributed by atoms with Gasteiger partial charge in [-0.3, -0.25) is 4.79 Å². The molecule has 2 N–H and O–H groups in total. The third-order valence-electron chi connectivity index (χ3n) is 3.66. The van der Waals surface area contributed by atoms with Gasteiger partial charge in [-0.1, -0.05) is 18.2 Å². The first-order valence-corrected chi connectivity index (χ1v) is 8.00. The Kier molecular flexibility index (Phi) is 5.48. The molecule has 0 aliphatic carbocycles. The number of hydrogen-bond acceptors (Lipinski definition) is 4. The molecule has 5 nitrogen and oxygen atoms in total. The topological polar surface area (TPSA) is 66.9 Å². The quantitative estimate of drug-likeness (QED) is 0.709. The van der Waals surface area contributed by atoms with E-state index in [4.69, 9.17) is 0 Å². The fourth-order valence-corrected chi connectivity index (χ4v) is 2.30. The molecule has 0 saturated heterocycles. The predicted molar refractivity (Wildman–Crippen MR) is 95.0 cm³/mol. The van der Waals surface area contributed by atoms with Gasteiger partial charge in [-0.2, -0.15) is 0 Å². The summed E-state index contributed by atoms with van der Waals surface area (Å²) in [6, 6.07) is 15.1. The first-order chi connectivity index (χ1) is 12.6. The van der Waals surface area contributed by atoms with Crippen molar-refractivity contribution in [2.45, 2.75) is 6.42 Å². The summed E-state index contributed by atoms with van der Waals surface area (Å²) in [5.41, 5.74) is 1.21. The van der Waals surface area contributed by atoms with Crippen LogP contribution in [0.25, 0.3) is 0 Å². The van der Waals surface area contributed by atoms with Crippen LogP contribution >= 0.6 is 0 Å². The molecule has 0 unspecified atom stereocenters. The van der Waals surface area contributed by atoms with Crippen molar-refractivity contribution in [3.05, 3.63) is 83.6 Å². The SMILES string of the molecule is O=C(Nc1ccc(F)cc1)c1ccc(NCCc2ccccc2F)nn1. The Morgan fingerprint density at radius 2 is 1.69 bits per heavy atom. The number of hydrogen-bond donors (Lipinski definition) is 2. The lowest BCUT2D eigenvalue weighted by Gasteiger charge is -2.07. The third kappa shape index (κ3) is 4.60. The van der Waals surface area contributed by atoms with Gasteiger partial charge < -0.3 is 10.6 Å². The van der Waals surface area contributed by atoms with Crippen LogP contribution in [-0.4, -0.2) is 22.6 Å². The Labute approximate surface area is 149 Å². The highest BCUT2D eigenvalue weighted by Gasteiger charge is 2.09. The van der Waals surface area contributed by atoms with E-state index in [-0.39, 0.29) is 17.3 Å². The standard InChI is InChI=1S/C19H16F2N4O/c20-14-5-7-15(8-6-14)23-19(26)17-9-10-18(25-24-17)22-12-11-13-3-1-2-4-16(13)21/h1-10H,11-12H2,(H,22,25)(H,23,26). The average molecular weight is 354 g/mol. The second-order valence-electron chi connectivity index (χ2n) is 5.53. The van der Waals surface area contributed by atoms with Crippen molar-refractivity contribution in [2.24, 2.45) is 0 Å². The first kappa shape index (κ1) is 17.5. The Hall–Kier alpha value is -3.35. The van der Waals surface area contributed by atoms with E-state index >= 15 is 0 Å². The van der Waals surface area contributed by atoms with Gasteiger partial charge in [-0.25, -0.2) is 8.78 Å². The predicted octanol–water partition coefficient (Wildman–Crippen LogP) is 3.66. The number of benzene rings is 2. The maximum Gasteiger partial charge on any atom is 0.276 e. The molecule has 0 aliphatic rings. The highest BCUT2D eigenvalue weighted by atomic mass is 19.1. The zero-order chi connectivity index (χ0) is 18.4. The Bertz CT molecular complexity index is 883.